The molecule has 1 aliphatic carbocycles. The molecule has 3 aromatic rings. The molecule has 128 valence electrons. The molecule has 1 aliphatic rings. The maximum Gasteiger partial charge on any atom is 0.270 e. The highest BCUT2D eigenvalue weighted by atomic mass is 16.2. The predicted octanol–water partition coefficient (Wildman–Crippen LogP) is 3.24. The number of benzene rings is 1. The Kier molecular flexibility index (Phi) is 3.77. The predicted molar refractivity (Wildman–Crippen MR) is 102 cm³/mol. The van der Waals surface area contributed by atoms with Crippen molar-refractivity contribution in [3.8, 4) is 0 Å². The van der Waals surface area contributed by atoms with Gasteiger partial charge in [0.2, 0.25) is 0 Å². The number of nitrogens with two attached hydrogens (primary N) is 1. The van der Waals surface area contributed by atoms with Crippen molar-refractivity contribution < 1.29 is 4.79 Å². The van der Waals surface area contributed by atoms with Crippen LogP contribution in [0.15, 0.2) is 73.5 Å². The Morgan fingerprint density at radius 3 is 2.65 bits per heavy atom. The van der Waals surface area contributed by atoms with Crippen LogP contribution in [-0.4, -0.2) is 20.7 Å². The van der Waals surface area contributed by atoms with Gasteiger partial charge >= 0.3 is 0 Å². The largest absolute Gasteiger partial charge is 0.382 e. The third-order valence-electron chi connectivity index (χ3n) is 4.83. The first-order valence-electron chi connectivity index (χ1n) is 8.36. The molecule has 0 saturated heterocycles. The third kappa shape index (κ3) is 2.37. The van der Waals surface area contributed by atoms with Crippen LogP contribution in [0.2, 0.25) is 0 Å². The van der Waals surface area contributed by atoms with Crippen molar-refractivity contribution in [2.75, 3.05) is 5.73 Å². The van der Waals surface area contributed by atoms with E-state index < -0.39 is 5.41 Å². The second kappa shape index (κ2) is 6.11. The quantitative estimate of drug-likeness (QED) is 0.742. The van der Waals surface area contributed by atoms with E-state index in [0.29, 0.717) is 12.2 Å². The van der Waals surface area contributed by atoms with Crippen LogP contribution in [0.5, 0.6) is 0 Å². The Morgan fingerprint density at radius 1 is 1.19 bits per heavy atom. The average molecular weight is 342 g/mol. The molecule has 5 nitrogen and oxygen atoms in total. The summed E-state index contributed by atoms with van der Waals surface area (Å²) in [6, 6.07) is 16.0. The molecule has 1 aromatic carbocycles. The Hall–Kier alpha value is -3.47. The minimum Gasteiger partial charge on any atom is -0.382 e. The maximum absolute atomic E-state index is 12.3. The molecule has 0 fully saturated rings. The van der Waals surface area contributed by atoms with Crippen LogP contribution >= 0.6 is 0 Å². The number of hydrogen-bond acceptors (Lipinski definition) is 4. The van der Waals surface area contributed by atoms with Crippen molar-refractivity contribution >= 4 is 17.8 Å². The van der Waals surface area contributed by atoms with Crippen molar-refractivity contribution in [2.24, 2.45) is 0 Å². The molecular formula is C21H18N4O. The maximum atomic E-state index is 12.3. The Morgan fingerprint density at radius 2 is 1.96 bits per heavy atom. The smallest absolute Gasteiger partial charge is 0.270 e. The number of carbonyl (C=O) groups is 1. The van der Waals surface area contributed by atoms with E-state index >= 15 is 0 Å². The number of anilines is 1. The highest BCUT2D eigenvalue weighted by Crippen LogP contribution is 2.41. The average Bonchev–Trinajstić information content (AvgIpc) is 3.04. The Labute approximate surface area is 151 Å². The van der Waals surface area contributed by atoms with E-state index in [-0.39, 0.29) is 5.91 Å². The second-order valence-electron chi connectivity index (χ2n) is 6.26. The van der Waals surface area contributed by atoms with Crippen LogP contribution in [-0.2, 0) is 11.8 Å². The highest BCUT2D eigenvalue weighted by molar-refractivity contribution is 5.90. The molecule has 1 atom stereocenters. The van der Waals surface area contributed by atoms with Crippen molar-refractivity contribution in [3.05, 3.63) is 96.0 Å². The molecule has 0 amide bonds. The zero-order valence-corrected chi connectivity index (χ0v) is 14.2. The standard InChI is InChI=1S/C21H18N4O/c1-2-19(26)25-17-14-21(15-8-4-3-5-9-15,18-10-6-7-13-23-18)12-11-16(17)20(22)24-25/h2-13H,1,14H2,(H2,22,24). The molecule has 5 heteroatoms. The fourth-order valence-electron chi connectivity index (χ4n) is 3.54. The molecule has 1 unspecified atom stereocenters. The zero-order chi connectivity index (χ0) is 18.1. The lowest BCUT2D eigenvalue weighted by Crippen LogP contribution is -2.33. The number of carbonyl (C=O) groups excluding carboxylic acids is 1. The van der Waals surface area contributed by atoms with Crippen LogP contribution < -0.4 is 5.73 Å². The molecular weight excluding hydrogens is 324 g/mol. The number of aromatic nitrogens is 3. The van der Waals surface area contributed by atoms with Crippen molar-refractivity contribution in [1.29, 1.82) is 0 Å². The Bertz CT molecular complexity index is 964. The molecule has 2 heterocycles. The molecule has 0 radical (unpaired) electrons. The number of hydrogen-bond donors (Lipinski definition) is 1. The summed E-state index contributed by atoms with van der Waals surface area (Å²) in [4.78, 5) is 16.9. The van der Waals surface area contributed by atoms with Gasteiger partial charge in [-0.1, -0.05) is 55.1 Å². The van der Waals surface area contributed by atoms with E-state index in [4.69, 9.17) is 5.73 Å². The molecule has 26 heavy (non-hydrogen) atoms. The van der Waals surface area contributed by atoms with Gasteiger partial charge in [-0.25, -0.2) is 0 Å². The molecule has 0 aliphatic heterocycles. The minimum atomic E-state index is -0.499. The normalized spacial score (nSPS) is 18.3. The first-order chi connectivity index (χ1) is 12.7. The molecule has 0 bridgehead atoms. The lowest BCUT2D eigenvalue weighted by Gasteiger charge is -2.33. The summed E-state index contributed by atoms with van der Waals surface area (Å²) in [6.07, 6.45) is 7.60. The van der Waals surface area contributed by atoms with Crippen LogP contribution in [0, 0.1) is 0 Å². The summed E-state index contributed by atoms with van der Waals surface area (Å²) >= 11 is 0. The lowest BCUT2D eigenvalue weighted by molar-refractivity contribution is 0.0950. The van der Waals surface area contributed by atoms with Gasteiger partial charge in [-0.3, -0.25) is 9.78 Å². The number of nitrogen functional groups attached to an aromatic ring is 1. The molecule has 4 rings (SSSR count). The van der Waals surface area contributed by atoms with Crippen molar-refractivity contribution in [2.45, 2.75) is 11.8 Å². The zero-order valence-electron chi connectivity index (χ0n) is 14.2. The van der Waals surface area contributed by atoms with Gasteiger partial charge in [-0.05, 0) is 23.8 Å². The topological polar surface area (TPSA) is 73.8 Å². The van der Waals surface area contributed by atoms with Gasteiger partial charge < -0.3 is 5.73 Å². The van der Waals surface area contributed by atoms with Crippen LogP contribution in [0.25, 0.3) is 6.08 Å². The number of pyridine rings is 1. The summed E-state index contributed by atoms with van der Waals surface area (Å²) in [5, 5.41) is 4.22. The van der Waals surface area contributed by atoms with E-state index in [1.807, 2.05) is 42.5 Å². The minimum absolute atomic E-state index is 0.295. The van der Waals surface area contributed by atoms with E-state index in [2.05, 4.69) is 34.9 Å². The van der Waals surface area contributed by atoms with Gasteiger partial charge in [-0.2, -0.15) is 4.68 Å². The summed E-state index contributed by atoms with van der Waals surface area (Å²) in [6.45, 7) is 3.57. The number of nitrogens with zero attached hydrogens (tertiary/aromatic N) is 3. The van der Waals surface area contributed by atoms with Gasteiger partial charge in [0, 0.05) is 18.2 Å². The fraction of sp³-hybridized carbons (Fsp3) is 0.0952. The van der Waals surface area contributed by atoms with Gasteiger partial charge in [0.25, 0.3) is 5.91 Å². The van der Waals surface area contributed by atoms with E-state index in [1.54, 1.807) is 6.20 Å². The molecule has 0 saturated carbocycles. The first-order valence-corrected chi connectivity index (χ1v) is 8.36. The molecule has 0 spiro atoms. The van der Waals surface area contributed by atoms with Gasteiger partial charge in [0.05, 0.1) is 16.8 Å². The van der Waals surface area contributed by atoms with E-state index in [0.717, 1.165) is 22.5 Å². The number of allylic oxidation sites excluding steroid dienone is 2. The van der Waals surface area contributed by atoms with Gasteiger partial charge in [0.1, 0.15) is 0 Å². The summed E-state index contributed by atoms with van der Waals surface area (Å²) < 4.78 is 1.35. The van der Waals surface area contributed by atoms with Crippen LogP contribution in [0.3, 0.4) is 0 Å². The van der Waals surface area contributed by atoms with E-state index in [9.17, 15) is 4.79 Å². The fourth-order valence-corrected chi connectivity index (χ4v) is 3.54. The summed E-state index contributed by atoms with van der Waals surface area (Å²) in [5.74, 6) is 0.0466. The van der Waals surface area contributed by atoms with Crippen LogP contribution in [0.1, 0.15) is 27.3 Å². The van der Waals surface area contributed by atoms with Crippen molar-refractivity contribution in [3.63, 3.8) is 0 Å². The number of rotatable bonds is 3. The second-order valence-corrected chi connectivity index (χ2v) is 6.26. The summed E-state index contributed by atoms with van der Waals surface area (Å²) in [5.41, 5.74) is 9.09. The van der Waals surface area contributed by atoms with Gasteiger partial charge in [0.15, 0.2) is 5.82 Å². The van der Waals surface area contributed by atoms with Crippen molar-refractivity contribution in [1.82, 2.24) is 14.8 Å². The van der Waals surface area contributed by atoms with Gasteiger partial charge in [-0.15, -0.1) is 5.10 Å². The SMILES string of the molecule is C=CC(=O)n1nc(N)c2c1CC(c1ccccc1)(c1ccccn1)C=C2. The Balaban J connectivity index is 1.95. The first kappa shape index (κ1) is 16.0. The molecule has 2 N–H and O–H groups in total. The lowest BCUT2D eigenvalue weighted by atomic mass is 9.70. The number of fused-ring (bicyclic) bond motifs is 1. The summed E-state index contributed by atoms with van der Waals surface area (Å²) in [7, 11) is 0. The third-order valence-corrected chi connectivity index (χ3v) is 4.83. The molecule has 2 aromatic heterocycles. The monoisotopic (exact) mass is 342 g/mol. The highest BCUT2D eigenvalue weighted by Gasteiger charge is 2.38. The van der Waals surface area contributed by atoms with E-state index in [1.165, 1.54) is 10.8 Å². The van der Waals surface area contributed by atoms with Crippen LogP contribution in [0.4, 0.5) is 5.82 Å².